The van der Waals surface area contributed by atoms with Crippen LogP contribution in [0, 0.1) is 68.0 Å². The van der Waals surface area contributed by atoms with Gasteiger partial charge in [-0.1, -0.05) is 65.8 Å². The standard InChI is InChI=1S/C44H69N3O2S.CO2/c1-9-43(30-45)19-12-32(13-20-43)34-15-17-40(6)36(39(34,4)5)16-18-42(8)37(40)11-10-35-38-33(31(2)3)14-21-44(38,23-22-41(35,42)7)46-24-25-47-26-28-50(48,49)29-27-47;2-1-3/h12,15,33,35-38,46H,2,9-11,13-14,16-29H2,1,3-8H3;/t33-,35+,36-,37+,38+,40-,41+,42+,43?,44-;/m0./s1. The van der Waals surface area contributed by atoms with Crippen LogP contribution in [-0.2, 0) is 19.4 Å². The molecule has 0 spiro atoms. The molecule has 0 aromatic heterocycles. The highest BCUT2D eigenvalue weighted by Crippen LogP contribution is 2.76. The molecule has 7 aliphatic rings. The van der Waals surface area contributed by atoms with Crippen LogP contribution in [0.5, 0.6) is 0 Å². The van der Waals surface area contributed by atoms with Crippen molar-refractivity contribution in [2.45, 2.75) is 137 Å². The fraction of sp³-hybridized carbons (Fsp3) is 0.822. The minimum Gasteiger partial charge on any atom is -0.310 e. The van der Waals surface area contributed by atoms with Crippen LogP contribution < -0.4 is 5.32 Å². The van der Waals surface area contributed by atoms with Gasteiger partial charge in [0.2, 0.25) is 0 Å². The van der Waals surface area contributed by atoms with Crippen molar-refractivity contribution in [3.05, 3.63) is 35.5 Å². The summed E-state index contributed by atoms with van der Waals surface area (Å²) in [5.41, 5.74) is 5.68. The van der Waals surface area contributed by atoms with E-state index in [4.69, 9.17) is 9.59 Å². The molecule has 0 aromatic rings. The van der Waals surface area contributed by atoms with Gasteiger partial charge in [0.15, 0.2) is 9.84 Å². The van der Waals surface area contributed by atoms with Crippen molar-refractivity contribution in [2.75, 3.05) is 37.7 Å². The van der Waals surface area contributed by atoms with E-state index in [0.717, 1.165) is 44.7 Å². The molecular weight excluding hydrogens is 679 g/mol. The number of carbonyl (C=O) groups excluding carboxylic acids is 2. The Morgan fingerprint density at radius 1 is 0.925 bits per heavy atom. The van der Waals surface area contributed by atoms with Crippen LogP contribution in [0.1, 0.15) is 132 Å². The number of nitriles is 1. The molecule has 8 heteroatoms. The zero-order valence-electron chi connectivity index (χ0n) is 34.1. The molecule has 5 fully saturated rings. The van der Waals surface area contributed by atoms with Gasteiger partial charge < -0.3 is 10.2 Å². The fourth-order valence-electron chi connectivity index (χ4n) is 14.7. The third-order valence-corrected chi connectivity index (χ3v) is 19.5. The van der Waals surface area contributed by atoms with Gasteiger partial charge in [-0.25, -0.2) is 8.42 Å². The van der Waals surface area contributed by atoms with Crippen LogP contribution >= 0.6 is 0 Å². The summed E-state index contributed by atoms with van der Waals surface area (Å²) in [6.45, 7) is 25.7. The topological polar surface area (TPSA) is 107 Å². The monoisotopic (exact) mass is 748 g/mol. The Morgan fingerprint density at radius 2 is 1.62 bits per heavy atom. The van der Waals surface area contributed by atoms with Crippen molar-refractivity contribution in [1.29, 1.82) is 5.26 Å². The maximum absolute atomic E-state index is 12.0. The Labute approximate surface area is 321 Å². The van der Waals surface area contributed by atoms with E-state index < -0.39 is 9.84 Å². The highest BCUT2D eigenvalue weighted by molar-refractivity contribution is 7.91. The lowest BCUT2D eigenvalue weighted by molar-refractivity contribution is -0.221. The average molecular weight is 748 g/mol. The maximum atomic E-state index is 12.0. The summed E-state index contributed by atoms with van der Waals surface area (Å²) in [7, 11) is -2.85. The minimum atomic E-state index is -2.85. The lowest BCUT2D eigenvalue weighted by Crippen LogP contribution is -2.68. The molecule has 1 unspecified atom stereocenters. The summed E-state index contributed by atoms with van der Waals surface area (Å²) in [6.07, 6.45) is 21.0. The van der Waals surface area contributed by atoms with E-state index in [9.17, 15) is 13.7 Å². The highest BCUT2D eigenvalue weighted by atomic mass is 32.2. The Kier molecular flexibility index (Phi) is 11.1. The first kappa shape index (κ1) is 40.6. The number of nitrogens with one attached hydrogen (secondary N) is 1. The molecule has 10 atom stereocenters. The first-order chi connectivity index (χ1) is 24.9. The summed E-state index contributed by atoms with van der Waals surface area (Å²) < 4.78 is 24.1. The van der Waals surface area contributed by atoms with Crippen molar-refractivity contribution in [1.82, 2.24) is 10.2 Å². The molecule has 6 aliphatic carbocycles. The van der Waals surface area contributed by atoms with Crippen LogP contribution in [0.2, 0.25) is 0 Å². The van der Waals surface area contributed by atoms with Gasteiger partial charge in [-0.3, -0.25) is 0 Å². The van der Waals surface area contributed by atoms with Gasteiger partial charge in [0.1, 0.15) is 0 Å². The predicted molar refractivity (Wildman–Crippen MR) is 211 cm³/mol. The molecular formula is C45H69N3O4S. The highest BCUT2D eigenvalue weighted by Gasteiger charge is 2.70. The van der Waals surface area contributed by atoms with E-state index >= 15 is 0 Å². The second kappa shape index (κ2) is 14.5. The van der Waals surface area contributed by atoms with E-state index in [1.165, 1.54) is 63.4 Å². The van der Waals surface area contributed by atoms with Gasteiger partial charge in [0, 0.05) is 31.7 Å². The average Bonchev–Trinajstić information content (AvgIpc) is 3.50. The first-order valence-electron chi connectivity index (χ1n) is 21.1. The molecule has 294 valence electrons. The number of nitrogens with zero attached hydrogens (tertiary/aromatic N) is 2. The third kappa shape index (κ3) is 6.60. The molecule has 0 radical (unpaired) electrons. The summed E-state index contributed by atoms with van der Waals surface area (Å²) >= 11 is 0. The Bertz CT molecular complexity index is 1670. The van der Waals surface area contributed by atoms with E-state index in [1.807, 2.05) is 0 Å². The van der Waals surface area contributed by atoms with Crippen molar-refractivity contribution in [3.63, 3.8) is 0 Å². The molecule has 1 saturated heterocycles. The molecule has 0 bridgehead atoms. The molecule has 1 aliphatic heterocycles. The van der Waals surface area contributed by atoms with Crippen LogP contribution in [-0.4, -0.2) is 62.7 Å². The van der Waals surface area contributed by atoms with Gasteiger partial charge in [0.05, 0.1) is 23.0 Å². The second-order valence-electron chi connectivity index (χ2n) is 20.1. The van der Waals surface area contributed by atoms with Crippen molar-refractivity contribution >= 4 is 16.0 Å². The summed E-state index contributed by atoms with van der Waals surface area (Å²) in [5, 5.41) is 14.2. The third-order valence-electron chi connectivity index (χ3n) is 17.9. The number of hydrogen-bond donors (Lipinski definition) is 1. The summed E-state index contributed by atoms with van der Waals surface area (Å²) in [6, 6.07) is 2.68. The number of hydrogen-bond acceptors (Lipinski definition) is 7. The largest absolute Gasteiger partial charge is 0.373 e. The Morgan fingerprint density at radius 3 is 2.23 bits per heavy atom. The molecule has 0 aromatic carbocycles. The Balaban J connectivity index is 0.00000155. The molecule has 1 heterocycles. The summed E-state index contributed by atoms with van der Waals surface area (Å²) in [4.78, 5) is 18.6. The lowest BCUT2D eigenvalue weighted by atomic mass is 9.33. The van der Waals surface area contributed by atoms with Crippen molar-refractivity contribution < 1.29 is 18.0 Å². The molecule has 7 rings (SSSR count). The fourth-order valence-corrected chi connectivity index (χ4v) is 16.0. The van der Waals surface area contributed by atoms with Crippen LogP contribution in [0.4, 0.5) is 0 Å². The number of allylic oxidation sites excluding steroid dienone is 5. The maximum Gasteiger partial charge on any atom is 0.373 e. The molecule has 4 saturated carbocycles. The zero-order valence-corrected chi connectivity index (χ0v) is 34.9. The number of rotatable bonds is 7. The van der Waals surface area contributed by atoms with Crippen molar-refractivity contribution in [2.24, 2.45) is 56.7 Å². The van der Waals surface area contributed by atoms with Crippen molar-refractivity contribution in [3.8, 4) is 6.07 Å². The first-order valence-corrected chi connectivity index (χ1v) is 22.9. The minimum absolute atomic E-state index is 0.150. The molecule has 1 N–H and O–H groups in total. The Hall–Kier alpha value is -2.04. The van der Waals surface area contributed by atoms with E-state index in [-0.39, 0.29) is 22.5 Å². The van der Waals surface area contributed by atoms with Crippen LogP contribution in [0.15, 0.2) is 35.5 Å². The van der Waals surface area contributed by atoms with Gasteiger partial charge in [-0.05, 0) is 153 Å². The predicted octanol–water partition coefficient (Wildman–Crippen LogP) is 8.70. The number of sulfone groups is 1. The van der Waals surface area contributed by atoms with E-state index in [2.05, 4.69) is 83.5 Å². The van der Waals surface area contributed by atoms with Gasteiger partial charge in [-0.2, -0.15) is 14.9 Å². The molecule has 7 nitrogen and oxygen atoms in total. The quantitative estimate of drug-likeness (QED) is 0.260. The van der Waals surface area contributed by atoms with Gasteiger partial charge in [-0.15, -0.1) is 0 Å². The van der Waals surface area contributed by atoms with Crippen LogP contribution in [0.25, 0.3) is 0 Å². The lowest BCUT2D eigenvalue weighted by Gasteiger charge is -2.72. The SMILES string of the molecule is C=C(C)[C@@H]1CC[C@]2(NCCN3CCS(=O)(=O)CC3)CC[C@]3(C)[C@H](CC[C@@H]4[C@@]5(C)CC=C(C6=CCC(C#N)(CC)CC6)C(C)(C)[C@@H]5CC[C@]43C)[C@@H]12.O=C=O. The molecule has 53 heavy (non-hydrogen) atoms. The zero-order chi connectivity index (χ0) is 38.7. The summed E-state index contributed by atoms with van der Waals surface area (Å²) in [5.74, 6) is 3.99. The second-order valence-corrected chi connectivity index (χ2v) is 22.4. The van der Waals surface area contributed by atoms with E-state index in [0.29, 0.717) is 64.5 Å². The molecule has 0 amide bonds. The number of fused-ring (bicyclic) bond motifs is 7. The van der Waals surface area contributed by atoms with Gasteiger partial charge in [0.25, 0.3) is 0 Å². The van der Waals surface area contributed by atoms with Crippen LogP contribution in [0.3, 0.4) is 0 Å². The normalized spacial score (nSPS) is 44.2. The smallest absolute Gasteiger partial charge is 0.310 e. The van der Waals surface area contributed by atoms with Gasteiger partial charge >= 0.3 is 6.15 Å². The van der Waals surface area contributed by atoms with E-state index in [1.54, 1.807) is 11.1 Å².